The second-order valence-corrected chi connectivity index (χ2v) is 9.75. The molecule has 0 radical (unpaired) electrons. The lowest BCUT2D eigenvalue weighted by molar-refractivity contribution is -0.137. The number of amides is 2. The Bertz CT molecular complexity index is 988. The number of nitrogens with two attached hydrogens (primary N) is 1. The van der Waals surface area contributed by atoms with Crippen molar-refractivity contribution in [2.24, 2.45) is 17.6 Å². The smallest absolute Gasteiger partial charge is 0.229 e. The Morgan fingerprint density at radius 2 is 1.97 bits per heavy atom. The molecule has 2 aromatic rings. The molecule has 2 N–H and O–H groups in total. The molecule has 2 saturated heterocycles. The molecule has 8 heteroatoms. The minimum absolute atomic E-state index is 0.0713. The molecule has 0 unspecified atom stereocenters. The lowest BCUT2D eigenvalue weighted by Crippen LogP contribution is -2.47. The zero-order valence-corrected chi connectivity index (χ0v) is 20.1. The summed E-state index contributed by atoms with van der Waals surface area (Å²) in [5.41, 5.74) is 8.46. The van der Waals surface area contributed by atoms with Crippen LogP contribution in [0.4, 0.5) is 0 Å². The zero-order valence-electron chi connectivity index (χ0n) is 20.1. The number of piperidine rings is 1. The predicted octanol–water partition coefficient (Wildman–Crippen LogP) is 2.22. The third kappa shape index (κ3) is 4.92. The maximum atomic E-state index is 13.5. The zero-order chi connectivity index (χ0) is 23.5. The second kappa shape index (κ2) is 10.2. The number of aryl methyl sites for hydroxylation is 1. The molecule has 3 atom stereocenters. The topological polar surface area (TPSA) is 93.7 Å². The Balaban J connectivity index is 1.51. The first-order valence-corrected chi connectivity index (χ1v) is 12.2. The van der Waals surface area contributed by atoms with Gasteiger partial charge in [-0.2, -0.15) is 0 Å². The number of ether oxygens (including phenoxy) is 1. The summed E-state index contributed by atoms with van der Waals surface area (Å²) in [6.07, 6.45) is 2.86. The molecular weight excluding hydrogens is 418 g/mol. The standard InChI is InChI=1S/C25H37N5O3/c1-17(2)24(31)29-15-19(20(26)16-29)25(32)28-11-6-8-18(14-28)23-27-21-9-4-5-10-22(21)30(23)12-7-13-33-3/h4-5,9-10,17-20H,6-8,11-16,26H2,1-3H3/t18-,19-,20-/m1/s1. The maximum absolute atomic E-state index is 13.5. The van der Waals surface area contributed by atoms with Crippen LogP contribution in [0.25, 0.3) is 11.0 Å². The highest BCUT2D eigenvalue weighted by atomic mass is 16.5. The van der Waals surface area contributed by atoms with Crippen molar-refractivity contribution in [1.29, 1.82) is 0 Å². The number of rotatable bonds is 7. The third-order valence-electron chi connectivity index (χ3n) is 7.00. The van der Waals surface area contributed by atoms with Gasteiger partial charge in [0.15, 0.2) is 0 Å². The van der Waals surface area contributed by atoms with Crippen LogP contribution in [0.3, 0.4) is 0 Å². The van der Waals surface area contributed by atoms with Crippen molar-refractivity contribution in [3.8, 4) is 0 Å². The van der Waals surface area contributed by atoms with Gasteiger partial charge >= 0.3 is 0 Å². The number of carbonyl (C=O) groups is 2. The minimum atomic E-state index is -0.327. The summed E-state index contributed by atoms with van der Waals surface area (Å²) in [6, 6.07) is 7.92. The number of imidazole rings is 1. The number of nitrogens with zero attached hydrogens (tertiary/aromatic N) is 4. The molecule has 3 heterocycles. The van der Waals surface area contributed by atoms with Crippen molar-refractivity contribution in [2.75, 3.05) is 39.9 Å². The van der Waals surface area contributed by atoms with Crippen molar-refractivity contribution in [3.63, 3.8) is 0 Å². The summed E-state index contributed by atoms with van der Waals surface area (Å²) in [5, 5.41) is 0. The molecule has 180 valence electrons. The molecular formula is C25H37N5O3. The van der Waals surface area contributed by atoms with E-state index in [4.69, 9.17) is 15.5 Å². The third-order valence-corrected chi connectivity index (χ3v) is 7.00. The van der Waals surface area contributed by atoms with Gasteiger partial charge in [-0.05, 0) is 31.4 Å². The molecule has 0 bridgehead atoms. The van der Waals surface area contributed by atoms with Crippen molar-refractivity contribution in [1.82, 2.24) is 19.4 Å². The van der Waals surface area contributed by atoms with E-state index in [0.717, 1.165) is 49.2 Å². The quantitative estimate of drug-likeness (QED) is 0.646. The van der Waals surface area contributed by atoms with Gasteiger partial charge in [0.25, 0.3) is 0 Å². The van der Waals surface area contributed by atoms with Gasteiger partial charge in [-0.15, -0.1) is 0 Å². The Hall–Kier alpha value is -2.45. The van der Waals surface area contributed by atoms with Gasteiger partial charge in [-0.25, -0.2) is 4.98 Å². The summed E-state index contributed by atoms with van der Waals surface area (Å²) in [7, 11) is 1.72. The lowest BCUT2D eigenvalue weighted by Gasteiger charge is -2.35. The van der Waals surface area contributed by atoms with E-state index in [1.165, 1.54) is 0 Å². The Morgan fingerprint density at radius 1 is 1.18 bits per heavy atom. The summed E-state index contributed by atoms with van der Waals surface area (Å²) < 4.78 is 7.57. The van der Waals surface area contributed by atoms with Crippen LogP contribution in [0.2, 0.25) is 0 Å². The summed E-state index contributed by atoms with van der Waals surface area (Å²) in [4.78, 5) is 34.6. The van der Waals surface area contributed by atoms with E-state index in [2.05, 4.69) is 16.7 Å². The molecule has 0 aliphatic carbocycles. The van der Waals surface area contributed by atoms with Gasteiger partial charge < -0.3 is 24.8 Å². The van der Waals surface area contributed by atoms with Crippen LogP contribution in [0.15, 0.2) is 24.3 Å². The molecule has 8 nitrogen and oxygen atoms in total. The fourth-order valence-corrected chi connectivity index (χ4v) is 5.27. The number of para-hydroxylation sites is 2. The molecule has 1 aromatic heterocycles. The van der Waals surface area contributed by atoms with E-state index >= 15 is 0 Å². The van der Waals surface area contributed by atoms with Crippen LogP contribution in [0.1, 0.15) is 44.9 Å². The second-order valence-electron chi connectivity index (χ2n) is 9.75. The van der Waals surface area contributed by atoms with Gasteiger partial charge in [0.05, 0.1) is 17.0 Å². The summed E-state index contributed by atoms with van der Waals surface area (Å²) in [5.74, 6) is 0.972. The van der Waals surface area contributed by atoms with Crippen molar-refractivity contribution < 1.29 is 14.3 Å². The molecule has 2 amide bonds. The number of likely N-dealkylation sites (tertiary alicyclic amines) is 2. The van der Waals surface area contributed by atoms with Gasteiger partial charge in [0.1, 0.15) is 5.82 Å². The Morgan fingerprint density at radius 3 is 2.73 bits per heavy atom. The highest BCUT2D eigenvalue weighted by Crippen LogP contribution is 2.31. The summed E-state index contributed by atoms with van der Waals surface area (Å²) in [6.45, 7) is 7.58. The number of fused-ring (bicyclic) bond motifs is 1. The van der Waals surface area contributed by atoms with Crippen LogP contribution >= 0.6 is 0 Å². The first kappa shape index (κ1) is 23.7. The number of carbonyl (C=O) groups excluding carboxylic acids is 2. The van der Waals surface area contributed by atoms with Gasteiger partial charge in [0.2, 0.25) is 11.8 Å². The Kier molecular flexibility index (Phi) is 7.34. The molecule has 1 aromatic carbocycles. The maximum Gasteiger partial charge on any atom is 0.229 e. The molecule has 0 saturated carbocycles. The highest BCUT2D eigenvalue weighted by Gasteiger charge is 2.41. The van der Waals surface area contributed by atoms with Crippen molar-refractivity contribution in [3.05, 3.63) is 30.1 Å². The largest absolute Gasteiger partial charge is 0.385 e. The van der Waals surface area contributed by atoms with E-state index in [1.54, 1.807) is 12.0 Å². The van der Waals surface area contributed by atoms with Crippen LogP contribution in [-0.4, -0.2) is 77.1 Å². The monoisotopic (exact) mass is 455 g/mol. The lowest BCUT2D eigenvalue weighted by atomic mass is 9.94. The van der Waals surface area contributed by atoms with E-state index in [-0.39, 0.29) is 35.6 Å². The normalized spacial score (nSPS) is 23.6. The average Bonchev–Trinajstić information content (AvgIpc) is 3.39. The fourth-order valence-electron chi connectivity index (χ4n) is 5.27. The fraction of sp³-hybridized carbons (Fsp3) is 0.640. The number of hydrogen-bond acceptors (Lipinski definition) is 5. The van der Waals surface area contributed by atoms with Crippen LogP contribution < -0.4 is 5.73 Å². The van der Waals surface area contributed by atoms with Crippen molar-refractivity contribution in [2.45, 2.75) is 51.6 Å². The molecule has 2 aliphatic heterocycles. The van der Waals surface area contributed by atoms with Crippen molar-refractivity contribution >= 4 is 22.8 Å². The summed E-state index contributed by atoms with van der Waals surface area (Å²) >= 11 is 0. The molecule has 2 fully saturated rings. The number of benzene rings is 1. The van der Waals surface area contributed by atoms with E-state index < -0.39 is 0 Å². The van der Waals surface area contributed by atoms with E-state index in [1.807, 2.05) is 30.9 Å². The molecule has 33 heavy (non-hydrogen) atoms. The first-order chi connectivity index (χ1) is 15.9. The van der Waals surface area contributed by atoms with Crippen LogP contribution in [-0.2, 0) is 20.9 Å². The van der Waals surface area contributed by atoms with E-state index in [9.17, 15) is 9.59 Å². The van der Waals surface area contributed by atoms with Crippen LogP contribution in [0.5, 0.6) is 0 Å². The first-order valence-electron chi connectivity index (χ1n) is 12.2. The van der Waals surface area contributed by atoms with Gasteiger partial charge in [-0.3, -0.25) is 9.59 Å². The van der Waals surface area contributed by atoms with Gasteiger partial charge in [0, 0.05) is 64.3 Å². The molecule has 2 aliphatic rings. The SMILES string of the molecule is COCCCn1c([C@@H]2CCCN(C(=O)[C@@H]3CN(C(=O)C(C)C)C[C@H]3N)C2)nc2ccccc21. The minimum Gasteiger partial charge on any atom is -0.385 e. The van der Waals surface area contributed by atoms with E-state index in [0.29, 0.717) is 26.2 Å². The Labute approximate surface area is 196 Å². The van der Waals surface area contributed by atoms with Gasteiger partial charge in [-0.1, -0.05) is 26.0 Å². The number of aromatic nitrogens is 2. The van der Waals surface area contributed by atoms with Crippen LogP contribution in [0, 0.1) is 11.8 Å². The number of methoxy groups -OCH3 is 1. The molecule has 4 rings (SSSR count). The number of hydrogen-bond donors (Lipinski definition) is 1. The predicted molar refractivity (Wildman–Crippen MR) is 128 cm³/mol. The highest BCUT2D eigenvalue weighted by molar-refractivity contribution is 5.84. The molecule has 0 spiro atoms. The average molecular weight is 456 g/mol.